The van der Waals surface area contributed by atoms with Crippen molar-refractivity contribution in [2.24, 2.45) is 0 Å². The number of nitrogens with zero attached hydrogens (tertiary/aromatic N) is 2. The van der Waals surface area contributed by atoms with E-state index in [9.17, 15) is 18.0 Å². The Bertz CT molecular complexity index is 1050. The molecule has 0 radical (unpaired) electrons. The minimum atomic E-state index is -3.84. The van der Waals surface area contributed by atoms with Gasteiger partial charge in [0.15, 0.2) is 0 Å². The van der Waals surface area contributed by atoms with Crippen LogP contribution in [0.1, 0.15) is 25.0 Å². The SMILES string of the molecule is CC(=O)N1c2ccc(S(=O)(=O)N(C)CC(=O)Nc3ccc(C)cc3)cc2C[C@H]1C. The van der Waals surface area contributed by atoms with Crippen LogP contribution in [0, 0.1) is 6.92 Å². The van der Waals surface area contributed by atoms with Crippen LogP contribution in [-0.4, -0.2) is 44.2 Å². The maximum Gasteiger partial charge on any atom is 0.243 e. The lowest BCUT2D eigenvalue weighted by molar-refractivity contribution is -0.117. The number of hydrogen-bond donors (Lipinski definition) is 1. The molecule has 2 amide bonds. The molecule has 1 aliphatic heterocycles. The molecular weight excluding hydrogens is 390 g/mol. The maximum atomic E-state index is 12.9. The predicted molar refractivity (Wildman–Crippen MR) is 112 cm³/mol. The number of amides is 2. The first kappa shape index (κ1) is 21.0. The van der Waals surface area contributed by atoms with Crippen molar-refractivity contribution >= 4 is 33.2 Å². The summed E-state index contributed by atoms with van der Waals surface area (Å²) in [6.45, 7) is 5.07. The Morgan fingerprint density at radius 3 is 2.45 bits per heavy atom. The van der Waals surface area contributed by atoms with Gasteiger partial charge < -0.3 is 10.2 Å². The molecule has 1 aliphatic rings. The van der Waals surface area contributed by atoms with E-state index in [-0.39, 0.29) is 23.4 Å². The molecule has 0 unspecified atom stereocenters. The predicted octanol–water partition coefficient (Wildman–Crippen LogP) is 2.55. The van der Waals surface area contributed by atoms with Crippen LogP contribution in [0.15, 0.2) is 47.4 Å². The van der Waals surface area contributed by atoms with Gasteiger partial charge in [-0.1, -0.05) is 17.7 Å². The van der Waals surface area contributed by atoms with Crippen molar-refractivity contribution in [3.63, 3.8) is 0 Å². The van der Waals surface area contributed by atoms with Crippen LogP contribution in [0.2, 0.25) is 0 Å². The molecule has 1 heterocycles. The summed E-state index contributed by atoms with van der Waals surface area (Å²) in [6.07, 6.45) is 0.593. The number of carbonyl (C=O) groups excluding carboxylic acids is 2. The van der Waals surface area contributed by atoms with Crippen molar-refractivity contribution in [2.75, 3.05) is 23.8 Å². The van der Waals surface area contributed by atoms with Crippen LogP contribution in [0.4, 0.5) is 11.4 Å². The fraction of sp³-hybridized carbons (Fsp3) is 0.333. The van der Waals surface area contributed by atoms with E-state index < -0.39 is 15.9 Å². The summed E-state index contributed by atoms with van der Waals surface area (Å²) in [4.78, 5) is 25.9. The summed E-state index contributed by atoms with van der Waals surface area (Å²) in [5.74, 6) is -0.491. The van der Waals surface area contributed by atoms with Gasteiger partial charge >= 0.3 is 0 Å². The summed E-state index contributed by atoms with van der Waals surface area (Å²) in [5, 5.41) is 2.70. The van der Waals surface area contributed by atoms with Crippen molar-refractivity contribution < 1.29 is 18.0 Å². The molecule has 0 aliphatic carbocycles. The largest absolute Gasteiger partial charge is 0.325 e. The Balaban J connectivity index is 1.75. The van der Waals surface area contributed by atoms with Crippen LogP contribution < -0.4 is 10.2 Å². The lowest BCUT2D eigenvalue weighted by Crippen LogP contribution is -2.35. The third-order valence-corrected chi connectivity index (χ3v) is 6.82. The summed E-state index contributed by atoms with van der Waals surface area (Å²) >= 11 is 0. The van der Waals surface area contributed by atoms with E-state index in [4.69, 9.17) is 0 Å². The maximum absolute atomic E-state index is 12.9. The van der Waals surface area contributed by atoms with E-state index in [1.165, 1.54) is 20.0 Å². The third-order valence-electron chi connectivity index (χ3n) is 5.02. The lowest BCUT2D eigenvalue weighted by Gasteiger charge is -2.21. The molecule has 0 spiro atoms. The van der Waals surface area contributed by atoms with E-state index >= 15 is 0 Å². The lowest BCUT2D eigenvalue weighted by atomic mass is 10.1. The Kier molecular flexibility index (Phi) is 5.77. The van der Waals surface area contributed by atoms with E-state index in [0.717, 1.165) is 21.1 Å². The molecule has 8 heteroatoms. The number of carbonyl (C=O) groups is 2. The monoisotopic (exact) mass is 415 g/mol. The van der Waals surface area contributed by atoms with Gasteiger partial charge in [0, 0.05) is 31.4 Å². The highest BCUT2D eigenvalue weighted by Gasteiger charge is 2.31. The van der Waals surface area contributed by atoms with Crippen molar-refractivity contribution in [2.45, 2.75) is 38.1 Å². The number of aryl methyl sites for hydroxylation is 1. The number of likely N-dealkylation sites (N-methyl/N-ethyl adjacent to an activating group) is 1. The van der Waals surface area contributed by atoms with E-state index in [0.29, 0.717) is 12.1 Å². The summed E-state index contributed by atoms with van der Waals surface area (Å²) < 4.78 is 26.9. The minimum absolute atomic E-state index is 0.0153. The molecule has 2 aromatic carbocycles. The number of hydrogen-bond acceptors (Lipinski definition) is 4. The molecule has 3 rings (SSSR count). The zero-order valence-corrected chi connectivity index (χ0v) is 17.8. The Morgan fingerprint density at radius 1 is 1.17 bits per heavy atom. The van der Waals surface area contributed by atoms with Gasteiger partial charge in [0.1, 0.15) is 0 Å². The van der Waals surface area contributed by atoms with Crippen molar-refractivity contribution in [3.8, 4) is 0 Å². The first-order valence-corrected chi connectivity index (χ1v) is 10.8. The summed E-state index contributed by atoms with van der Waals surface area (Å²) in [5.41, 5.74) is 3.23. The van der Waals surface area contributed by atoms with Crippen LogP contribution in [0.3, 0.4) is 0 Å². The van der Waals surface area contributed by atoms with Crippen LogP contribution in [-0.2, 0) is 26.0 Å². The number of rotatable bonds is 5. The fourth-order valence-corrected chi connectivity index (χ4v) is 4.73. The first-order chi connectivity index (χ1) is 13.6. The van der Waals surface area contributed by atoms with Gasteiger partial charge in [-0.3, -0.25) is 9.59 Å². The van der Waals surface area contributed by atoms with Gasteiger partial charge in [-0.15, -0.1) is 0 Å². The highest BCUT2D eigenvalue weighted by molar-refractivity contribution is 7.89. The van der Waals surface area contributed by atoms with E-state index in [1.54, 1.807) is 29.2 Å². The fourth-order valence-electron chi connectivity index (χ4n) is 3.55. The van der Waals surface area contributed by atoms with Crippen LogP contribution in [0.5, 0.6) is 0 Å². The summed E-state index contributed by atoms with van der Waals surface area (Å²) in [7, 11) is -2.46. The second-order valence-electron chi connectivity index (χ2n) is 7.41. The van der Waals surface area contributed by atoms with Crippen molar-refractivity contribution in [1.82, 2.24) is 4.31 Å². The topological polar surface area (TPSA) is 86.8 Å². The highest BCUT2D eigenvalue weighted by Crippen LogP contribution is 2.34. The Labute approximate surface area is 171 Å². The van der Waals surface area contributed by atoms with E-state index in [1.807, 2.05) is 26.0 Å². The van der Waals surface area contributed by atoms with Crippen LogP contribution in [0.25, 0.3) is 0 Å². The average Bonchev–Trinajstić information content (AvgIpc) is 2.98. The molecule has 29 heavy (non-hydrogen) atoms. The van der Waals surface area contributed by atoms with Gasteiger partial charge in [-0.05, 0) is 56.2 Å². The molecule has 1 N–H and O–H groups in total. The number of benzene rings is 2. The van der Waals surface area contributed by atoms with Gasteiger partial charge in [0.2, 0.25) is 21.8 Å². The minimum Gasteiger partial charge on any atom is -0.325 e. The number of sulfonamides is 1. The number of nitrogens with one attached hydrogen (secondary N) is 1. The molecule has 0 aromatic heterocycles. The molecule has 1 atom stereocenters. The van der Waals surface area contributed by atoms with Crippen molar-refractivity contribution in [1.29, 1.82) is 0 Å². The second kappa shape index (κ2) is 7.96. The van der Waals surface area contributed by atoms with Gasteiger partial charge in [-0.25, -0.2) is 8.42 Å². The summed E-state index contributed by atoms with van der Waals surface area (Å²) in [6, 6.07) is 12.0. The molecule has 0 saturated carbocycles. The average molecular weight is 416 g/mol. The zero-order valence-electron chi connectivity index (χ0n) is 17.0. The molecule has 0 fully saturated rings. The van der Waals surface area contributed by atoms with Crippen LogP contribution >= 0.6 is 0 Å². The Morgan fingerprint density at radius 2 is 1.83 bits per heavy atom. The second-order valence-corrected chi connectivity index (χ2v) is 9.45. The van der Waals surface area contributed by atoms with Gasteiger partial charge in [-0.2, -0.15) is 4.31 Å². The standard InChI is InChI=1S/C21H25N3O4S/c1-14-5-7-18(8-6-14)22-21(26)13-23(4)29(27,28)19-9-10-20-17(12-19)11-15(2)24(20)16(3)25/h5-10,12,15H,11,13H2,1-4H3,(H,22,26)/t15-/m1/s1. The molecule has 0 bridgehead atoms. The quantitative estimate of drug-likeness (QED) is 0.813. The zero-order chi connectivity index (χ0) is 21.3. The van der Waals surface area contributed by atoms with Crippen molar-refractivity contribution in [3.05, 3.63) is 53.6 Å². The molecule has 2 aromatic rings. The van der Waals surface area contributed by atoms with Gasteiger partial charge in [0.05, 0.1) is 11.4 Å². The smallest absolute Gasteiger partial charge is 0.243 e. The molecule has 0 saturated heterocycles. The third kappa shape index (κ3) is 4.33. The molecule has 154 valence electrons. The van der Waals surface area contributed by atoms with E-state index in [2.05, 4.69) is 5.32 Å². The molecule has 7 nitrogen and oxygen atoms in total. The number of fused-ring (bicyclic) bond motifs is 1. The molecular formula is C21H25N3O4S. The highest BCUT2D eigenvalue weighted by atomic mass is 32.2. The normalized spacial score (nSPS) is 16.0. The number of anilines is 2. The van der Waals surface area contributed by atoms with Gasteiger partial charge in [0.25, 0.3) is 0 Å². The first-order valence-electron chi connectivity index (χ1n) is 9.35. The Hall–Kier alpha value is -2.71.